The molecule has 3 unspecified atom stereocenters. The fourth-order valence-corrected chi connectivity index (χ4v) is 3.42. The van der Waals surface area contributed by atoms with Crippen LogP contribution in [0.5, 0.6) is 0 Å². The monoisotopic (exact) mass is 391 g/mol. The van der Waals surface area contributed by atoms with Crippen molar-refractivity contribution < 1.29 is 4.73 Å². The van der Waals surface area contributed by atoms with E-state index >= 15 is 0 Å². The lowest BCUT2D eigenvalue weighted by molar-refractivity contribution is -0.605. The zero-order valence-corrected chi connectivity index (χ0v) is 18.0. The molecule has 3 atom stereocenters. The van der Waals surface area contributed by atoms with Crippen molar-refractivity contribution in [3.8, 4) is 0 Å². The first-order chi connectivity index (χ1) is 14.0. The highest BCUT2D eigenvalue weighted by atomic mass is 16.5. The lowest BCUT2D eigenvalue weighted by Crippen LogP contribution is -2.24. The maximum atomic E-state index is 11.1. The molecule has 3 aromatic heterocycles. The van der Waals surface area contributed by atoms with Gasteiger partial charge >= 0.3 is 0 Å². The van der Waals surface area contributed by atoms with Gasteiger partial charge in [0.25, 0.3) is 0 Å². The molecule has 0 bridgehead atoms. The molecule has 3 aromatic rings. The van der Waals surface area contributed by atoms with Crippen LogP contribution in [-0.4, -0.2) is 9.97 Å². The van der Waals surface area contributed by atoms with Crippen LogP contribution in [0, 0.1) is 5.21 Å². The third kappa shape index (κ3) is 7.30. The Morgan fingerprint density at radius 1 is 0.724 bits per heavy atom. The lowest BCUT2D eigenvalue weighted by atomic mass is 9.85. The van der Waals surface area contributed by atoms with Crippen LogP contribution >= 0.6 is 0 Å². The first-order valence-corrected chi connectivity index (χ1v) is 10.5. The first-order valence-electron chi connectivity index (χ1n) is 10.5. The molecular weight excluding hydrogens is 358 g/mol. The molecule has 0 aliphatic carbocycles. The highest BCUT2D eigenvalue weighted by molar-refractivity contribution is 5.19. The predicted molar refractivity (Wildman–Crippen MR) is 119 cm³/mol. The highest BCUT2D eigenvalue weighted by Crippen LogP contribution is 2.31. The Morgan fingerprint density at radius 3 is 1.66 bits per heavy atom. The fourth-order valence-electron chi connectivity index (χ4n) is 3.42. The molecule has 0 saturated heterocycles. The molecular formula is C25H33N3O. The van der Waals surface area contributed by atoms with E-state index in [0.29, 0.717) is 17.8 Å². The highest BCUT2D eigenvalue weighted by Gasteiger charge is 2.15. The third-order valence-electron chi connectivity index (χ3n) is 5.59. The van der Waals surface area contributed by atoms with Crippen molar-refractivity contribution in [3.05, 3.63) is 95.5 Å². The zero-order chi connectivity index (χ0) is 21.1. The van der Waals surface area contributed by atoms with Crippen molar-refractivity contribution in [2.45, 2.75) is 64.7 Å². The molecule has 0 saturated carbocycles. The van der Waals surface area contributed by atoms with Gasteiger partial charge in [0.2, 0.25) is 0 Å². The summed E-state index contributed by atoms with van der Waals surface area (Å²) in [4.78, 5) is 8.02. The maximum Gasteiger partial charge on any atom is 0.180 e. The molecule has 154 valence electrons. The van der Waals surface area contributed by atoms with Crippen molar-refractivity contribution in [2.24, 2.45) is 0 Å². The molecule has 0 aliphatic rings. The van der Waals surface area contributed by atoms with Crippen LogP contribution in [0.4, 0.5) is 0 Å². The smallest absolute Gasteiger partial charge is 0.180 e. The number of nitrogens with zero attached hydrogens (tertiary/aromatic N) is 3. The maximum absolute atomic E-state index is 11.1. The van der Waals surface area contributed by atoms with E-state index in [2.05, 4.69) is 61.9 Å². The summed E-state index contributed by atoms with van der Waals surface area (Å²) in [6, 6.07) is 12.2. The second-order valence-corrected chi connectivity index (χ2v) is 7.60. The molecule has 4 heteroatoms. The summed E-state index contributed by atoms with van der Waals surface area (Å²) in [6.07, 6.45) is 13.9. The van der Waals surface area contributed by atoms with E-state index in [1.54, 1.807) is 12.4 Å². The zero-order valence-electron chi connectivity index (χ0n) is 18.0. The van der Waals surface area contributed by atoms with Crippen molar-refractivity contribution in [3.63, 3.8) is 0 Å². The summed E-state index contributed by atoms with van der Waals surface area (Å²) < 4.78 is 0.836. The minimum atomic E-state index is 0.490. The van der Waals surface area contributed by atoms with Gasteiger partial charge in [-0.2, -0.15) is 4.73 Å². The number of hydrogen-bond donors (Lipinski definition) is 0. The average Bonchev–Trinajstić information content (AvgIpc) is 2.79. The number of pyridine rings is 3. The predicted octanol–water partition coefficient (Wildman–Crippen LogP) is 6.00. The standard InChI is InChI=1S/C16H20N2O.C9H13N/c1-3-14(16-6-10-18(19)11-7-16)12-13(2)15-4-8-17-9-5-15;1-3-8(2)9-4-6-10-7-5-9/h4-11,13-14H,3,12H2,1-2H3;4-8H,3H2,1-2H3. The van der Waals surface area contributed by atoms with Crippen LogP contribution in [0.2, 0.25) is 0 Å². The van der Waals surface area contributed by atoms with Gasteiger partial charge in [0.05, 0.1) is 0 Å². The van der Waals surface area contributed by atoms with Gasteiger partial charge in [-0.1, -0.05) is 27.7 Å². The van der Waals surface area contributed by atoms with Crippen LogP contribution in [0.1, 0.15) is 81.4 Å². The van der Waals surface area contributed by atoms with Gasteiger partial charge < -0.3 is 5.21 Å². The number of hydrogen-bond acceptors (Lipinski definition) is 3. The van der Waals surface area contributed by atoms with Crippen molar-refractivity contribution in [1.29, 1.82) is 0 Å². The Kier molecular flexibility index (Phi) is 9.29. The normalized spacial score (nSPS) is 13.7. The van der Waals surface area contributed by atoms with Gasteiger partial charge in [0.1, 0.15) is 0 Å². The molecule has 3 rings (SSSR count). The quantitative estimate of drug-likeness (QED) is 0.367. The van der Waals surface area contributed by atoms with E-state index < -0.39 is 0 Å². The molecule has 0 spiro atoms. The molecule has 0 radical (unpaired) electrons. The summed E-state index contributed by atoms with van der Waals surface area (Å²) >= 11 is 0. The summed E-state index contributed by atoms with van der Waals surface area (Å²) in [5.74, 6) is 1.65. The van der Waals surface area contributed by atoms with E-state index in [1.165, 1.54) is 23.1 Å². The minimum Gasteiger partial charge on any atom is -0.619 e. The Bertz CT molecular complexity index is 806. The summed E-state index contributed by atoms with van der Waals surface area (Å²) in [5.41, 5.74) is 3.95. The SMILES string of the molecule is CCC(C)c1ccncc1.CCC(CC(C)c1ccncc1)c1cc[n+]([O-])cc1. The van der Waals surface area contributed by atoms with Gasteiger partial charge in [-0.05, 0) is 78.0 Å². The molecule has 0 aromatic carbocycles. The Hall–Kier alpha value is -2.75. The molecule has 3 heterocycles. The molecule has 0 N–H and O–H groups in total. The van der Waals surface area contributed by atoms with Gasteiger partial charge in [-0.25, -0.2) is 0 Å². The third-order valence-corrected chi connectivity index (χ3v) is 5.59. The molecule has 29 heavy (non-hydrogen) atoms. The minimum absolute atomic E-state index is 0.490. The van der Waals surface area contributed by atoms with E-state index in [0.717, 1.165) is 17.6 Å². The van der Waals surface area contributed by atoms with Gasteiger partial charge in [0.15, 0.2) is 12.4 Å². The second-order valence-electron chi connectivity index (χ2n) is 7.60. The topological polar surface area (TPSA) is 52.7 Å². The molecule has 0 amide bonds. The van der Waals surface area contributed by atoms with E-state index in [9.17, 15) is 5.21 Å². The summed E-state index contributed by atoms with van der Waals surface area (Å²) in [7, 11) is 0. The van der Waals surface area contributed by atoms with Crippen molar-refractivity contribution in [2.75, 3.05) is 0 Å². The Morgan fingerprint density at radius 2 is 1.21 bits per heavy atom. The van der Waals surface area contributed by atoms with Gasteiger partial charge in [0, 0.05) is 36.9 Å². The molecule has 4 nitrogen and oxygen atoms in total. The first kappa shape index (κ1) is 22.5. The number of aromatic nitrogens is 3. The van der Waals surface area contributed by atoms with Crippen LogP contribution in [0.25, 0.3) is 0 Å². The second kappa shape index (κ2) is 11.9. The van der Waals surface area contributed by atoms with Crippen LogP contribution < -0.4 is 4.73 Å². The molecule has 0 fully saturated rings. The summed E-state index contributed by atoms with van der Waals surface area (Å²) in [6.45, 7) is 8.87. The van der Waals surface area contributed by atoms with Crippen LogP contribution in [-0.2, 0) is 0 Å². The van der Waals surface area contributed by atoms with Crippen LogP contribution in [0.15, 0.2) is 73.6 Å². The molecule has 0 aliphatic heterocycles. The Labute approximate surface area is 175 Å². The van der Waals surface area contributed by atoms with Crippen LogP contribution in [0.3, 0.4) is 0 Å². The van der Waals surface area contributed by atoms with E-state index in [4.69, 9.17) is 0 Å². The summed E-state index contributed by atoms with van der Waals surface area (Å²) in [5, 5.41) is 11.1. The van der Waals surface area contributed by atoms with Gasteiger partial charge in [-0.3, -0.25) is 9.97 Å². The van der Waals surface area contributed by atoms with Crippen molar-refractivity contribution >= 4 is 0 Å². The lowest BCUT2D eigenvalue weighted by Gasteiger charge is -2.20. The largest absolute Gasteiger partial charge is 0.619 e. The fraction of sp³-hybridized carbons (Fsp3) is 0.400. The average molecular weight is 392 g/mol. The van der Waals surface area contributed by atoms with Crippen molar-refractivity contribution in [1.82, 2.24) is 9.97 Å². The number of rotatable bonds is 7. The van der Waals surface area contributed by atoms with Gasteiger partial charge in [-0.15, -0.1) is 0 Å². The Balaban J connectivity index is 0.000000253. The van der Waals surface area contributed by atoms with E-state index in [-0.39, 0.29) is 0 Å². The van der Waals surface area contributed by atoms with E-state index in [1.807, 2.05) is 36.9 Å².